The number of benzene rings is 1. The Labute approximate surface area is 156 Å². The van der Waals surface area contributed by atoms with Crippen LogP contribution in [0.1, 0.15) is 11.1 Å². The van der Waals surface area contributed by atoms with Crippen molar-refractivity contribution in [2.45, 2.75) is 6.92 Å². The lowest BCUT2D eigenvalue weighted by Gasteiger charge is -2.13. The van der Waals surface area contributed by atoms with E-state index in [9.17, 15) is 0 Å². The van der Waals surface area contributed by atoms with Crippen molar-refractivity contribution in [3.8, 4) is 22.4 Å². The van der Waals surface area contributed by atoms with Crippen LogP contribution in [0.15, 0.2) is 47.8 Å². The molecule has 3 rings (SSSR count). The third-order valence-electron chi connectivity index (χ3n) is 4.04. The first-order valence-electron chi connectivity index (χ1n) is 7.90. The summed E-state index contributed by atoms with van der Waals surface area (Å²) in [7, 11) is 1.90. The number of amidine groups is 1. The molecule has 0 saturated heterocycles. The van der Waals surface area contributed by atoms with Gasteiger partial charge in [-0.3, -0.25) is 4.98 Å². The van der Waals surface area contributed by atoms with Crippen molar-refractivity contribution in [3.05, 3.63) is 54.0 Å². The van der Waals surface area contributed by atoms with E-state index in [2.05, 4.69) is 15.1 Å². The molecule has 26 heavy (non-hydrogen) atoms. The van der Waals surface area contributed by atoms with E-state index in [1.807, 2.05) is 55.3 Å². The molecule has 0 aliphatic rings. The van der Waals surface area contributed by atoms with Crippen LogP contribution >= 0.6 is 12.2 Å². The van der Waals surface area contributed by atoms with Gasteiger partial charge in [0.2, 0.25) is 6.20 Å². The molecule has 0 unspecified atom stereocenters. The van der Waals surface area contributed by atoms with E-state index >= 15 is 0 Å². The first-order valence-corrected chi connectivity index (χ1v) is 8.31. The summed E-state index contributed by atoms with van der Waals surface area (Å²) in [6, 6.07) is 7.75. The topological polar surface area (TPSA) is 123 Å². The molecule has 132 valence electrons. The number of nitrogens with two attached hydrogens (primary N) is 3. The highest BCUT2D eigenvalue weighted by Crippen LogP contribution is 2.34. The minimum Gasteiger partial charge on any atom is -0.398 e. The minimum atomic E-state index is -0.0454. The molecule has 0 bridgehead atoms. The monoisotopic (exact) mass is 366 g/mol. The zero-order valence-electron chi connectivity index (χ0n) is 14.5. The largest absolute Gasteiger partial charge is 0.398 e. The van der Waals surface area contributed by atoms with Crippen LogP contribution in [0.2, 0.25) is 0 Å². The second kappa shape index (κ2) is 6.93. The maximum absolute atomic E-state index is 6.40. The van der Waals surface area contributed by atoms with E-state index in [4.69, 9.17) is 29.4 Å². The summed E-state index contributed by atoms with van der Waals surface area (Å²) in [5, 5.41) is 3.04. The number of aryl methyl sites for hydroxylation is 2. The van der Waals surface area contributed by atoms with Gasteiger partial charge in [0.05, 0.1) is 23.1 Å². The molecule has 0 aliphatic heterocycles. The second-order valence-corrected chi connectivity index (χ2v) is 6.38. The van der Waals surface area contributed by atoms with E-state index in [1.54, 1.807) is 6.20 Å². The quantitative estimate of drug-likeness (QED) is 0.183. The molecule has 3 aromatic rings. The van der Waals surface area contributed by atoms with Crippen LogP contribution in [-0.4, -0.2) is 21.0 Å². The smallest absolute Gasteiger partial charge is 0.203 e. The summed E-state index contributed by atoms with van der Waals surface area (Å²) >= 11 is 4.84. The summed E-state index contributed by atoms with van der Waals surface area (Å²) in [5.74, 6) is 0.173. The average molecular weight is 366 g/mol. The fraction of sp³-hybridized carbons (Fsp3) is 0.111. The molecule has 0 radical (unpaired) electrons. The molecule has 0 amide bonds. The number of anilines is 1. The Balaban J connectivity index is 2.29. The van der Waals surface area contributed by atoms with Gasteiger partial charge in [0.25, 0.3) is 0 Å². The Hall–Kier alpha value is -3.26. The first-order chi connectivity index (χ1) is 12.4. The van der Waals surface area contributed by atoms with Crippen LogP contribution in [-0.2, 0) is 7.05 Å². The molecule has 7 nitrogen and oxygen atoms in total. The average Bonchev–Trinajstić information content (AvgIpc) is 3.01. The lowest BCUT2D eigenvalue weighted by atomic mass is 9.95. The van der Waals surface area contributed by atoms with Gasteiger partial charge in [-0.05, 0) is 42.9 Å². The van der Waals surface area contributed by atoms with Crippen molar-refractivity contribution < 1.29 is 4.68 Å². The highest BCUT2D eigenvalue weighted by atomic mass is 32.1. The Kier molecular flexibility index (Phi) is 4.68. The van der Waals surface area contributed by atoms with Crippen molar-refractivity contribution >= 4 is 28.9 Å². The standard InChI is InChI=1S/C18H19N7S/c1-10-4-3-5-22-16(10)11-6-13(12-8-23-25(2)9-12)15(19)14(7-11)17(20)24-18(21)26/h3-9H,1-2H3,(H6,19,20,21,22,24,26)/p+1. The fourth-order valence-electron chi connectivity index (χ4n) is 2.81. The van der Waals surface area contributed by atoms with Crippen molar-refractivity contribution in [1.29, 1.82) is 0 Å². The maximum Gasteiger partial charge on any atom is 0.203 e. The summed E-state index contributed by atoms with van der Waals surface area (Å²) in [4.78, 5) is 8.49. The van der Waals surface area contributed by atoms with E-state index in [0.717, 1.165) is 27.9 Å². The van der Waals surface area contributed by atoms with Gasteiger partial charge in [-0.15, -0.1) is 4.68 Å². The number of rotatable bonds is 3. The summed E-state index contributed by atoms with van der Waals surface area (Å²) in [6.45, 7) is 2.00. The van der Waals surface area contributed by atoms with Crippen LogP contribution in [0.5, 0.6) is 0 Å². The van der Waals surface area contributed by atoms with Crippen LogP contribution in [0.4, 0.5) is 5.69 Å². The van der Waals surface area contributed by atoms with Gasteiger partial charge >= 0.3 is 0 Å². The number of pyridine rings is 1. The number of nitrogens with one attached hydrogen (secondary N) is 1. The highest BCUT2D eigenvalue weighted by Gasteiger charge is 2.17. The predicted octanol–water partition coefficient (Wildman–Crippen LogP) is 1.41. The number of hydrogen-bond acceptors (Lipinski definition) is 3. The van der Waals surface area contributed by atoms with Crippen LogP contribution in [0, 0.1) is 6.92 Å². The van der Waals surface area contributed by atoms with Crippen LogP contribution in [0.3, 0.4) is 0 Å². The molecular formula is C18H20N7S+. The number of nitrogens with zero attached hydrogens (tertiary/aromatic N) is 3. The van der Waals surface area contributed by atoms with E-state index in [0.29, 0.717) is 11.3 Å². The molecule has 0 aliphatic carbocycles. The third-order valence-corrected chi connectivity index (χ3v) is 4.13. The zero-order valence-corrected chi connectivity index (χ0v) is 15.3. The molecule has 8 heteroatoms. The predicted molar refractivity (Wildman–Crippen MR) is 107 cm³/mol. The molecule has 1 aromatic carbocycles. The number of nitrogen functional groups attached to an aromatic ring is 1. The molecule has 0 fully saturated rings. The molecule has 7 N–H and O–H groups in total. The lowest BCUT2D eigenvalue weighted by molar-refractivity contribution is -0.726. The van der Waals surface area contributed by atoms with Crippen molar-refractivity contribution in [2.24, 2.45) is 23.5 Å². The Morgan fingerprint density at radius 3 is 2.65 bits per heavy atom. The first kappa shape index (κ1) is 17.6. The molecular weight excluding hydrogens is 346 g/mol. The van der Waals surface area contributed by atoms with Gasteiger partial charge in [-0.25, -0.2) is 4.99 Å². The number of H-pyrrole nitrogens is 1. The van der Waals surface area contributed by atoms with Gasteiger partial charge < -0.3 is 17.2 Å². The minimum absolute atomic E-state index is 0.0454. The summed E-state index contributed by atoms with van der Waals surface area (Å²) in [6.07, 6.45) is 5.55. The summed E-state index contributed by atoms with van der Waals surface area (Å²) in [5.41, 5.74) is 23.6. The number of hydrogen-bond donors (Lipinski definition) is 4. The van der Waals surface area contributed by atoms with Crippen LogP contribution in [0.25, 0.3) is 22.4 Å². The summed E-state index contributed by atoms with van der Waals surface area (Å²) < 4.78 is 1.83. The maximum atomic E-state index is 6.40. The fourth-order valence-corrected chi connectivity index (χ4v) is 2.91. The van der Waals surface area contributed by atoms with E-state index in [1.165, 1.54) is 0 Å². The van der Waals surface area contributed by atoms with Crippen LogP contribution < -0.4 is 21.9 Å². The van der Waals surface area contributed by atoms with Gasteiger partial charge in [-0.1, -0.05) is 6.07 Å². The van der Waals surface area contributed by atoms with Crippen molar-refractivity contribution in [3.63, 3.8) is 0 Å². The second-order valence-electron chi connectivity index (χ2n) is 5.96. The van der Waals surface area contributed by atoms with Gasteiger partial charge in [-0.2, -0.15) is 5.10 Å². The molecule has 2 heterocycles. The zero-order chi connectivity index (χ0) is 18.8. The highest BCUT2D eigenvalue weighted by molar-refractivity contribution is 7.80. The number of aromatic nitrogens is 3. The number of aromatic amines is 1. The lowest BCUT2D eigenvalue weighted by Crippen LogP contribution is -2.27. The van der Waals surface area contributed by atoms with Gasteiger partial charge in [0.1, 0.15) is 5.84 Å². The Morgan fingerprint density at radius 1 is 1.27 bits per heavy atom. The normalized spacial score (nSPS) is 11.5. The van der Waals surface area contributed by atoms with Crippen molar-refractivity contribution in [1.82, 2.24) is 10.1 Å². The molecule has 2 aromatic heterocycles. The molecule has 0 saturated carbocycles. The van der Waals surface area contributed by atoms with Crippen molar-refractivity contribution in [2.75, 3.05) is 5.73 Å². The van der Waals surface area contributed by atoms with Gasteiger partial charge in [0, 0.05) is 22.9 Å². The van der Waals surface area contributed by atoms with Gasteiger partial charge in [0.15, 0.2) is 12.2 Å². The number of aliphatic imine (C=N–C) groups is 1. The molecule has 0 spiro atoms. The molecule has 0 atom stereocenters. The SMILES string of the molecule is Cc1cccnc1-c1cc(/C(N)=N/C(N)=S)c(N)c(-c2c[nH][n+](C)c2)c1. The Bertz CT molecular complexity index is 1020. The Morgan fingerprint density at radius 2 is 2.04 bits per heavy atom. The third kappa shape index (κ3) is 3.40. The van der Waals surface area contributed by atoms with E-state index < -0.39 is 0 Å². The number of thiocarbonyl (C=S) groups is 1. The van der Waals surface area contributed by atoms with E-state index in [-0.39, 0.29) is 10.9 Å².